The first kappa shape index (κ1) is 26.8. The molecule has 1 aromatic heterocycles. The van der Waals surface area contributed by atoms with E-state index >= 15 is 0 Å². The van der Waals surface area contributed by atoms with Crippen LogP contribution in [0.3, 0.4) is 0 Å². The minimum Gasteiger partial charge on any atom is -0.483 e. The van der Waals surface area contributed by atoms with Gasteiger partial charge in [0, 0.05) is 11.3 Å². The summed E-state index contributed by atoms with van der Waals surface area (Å²) < 4.78 is 13.1. The Morgan fingerprint density at radius 2 is 1.68 bits per heavy atom. The highest BCUT2D eigenvalue weighted by Gasteiger charge is 2.33. The van der Waals surface area contributed by atoms with Gasteiger partial charge in [0.25, 0.3) is 11.5 Å². The van der Waals surface area contributed by atoms with Crippen LogP contribution in [0.15, 0.2) is 106 Å². The minimum absolute atomic E-state index is 0.197. The van der Waals surface area contributed by atoms with Gasteiger partial charge in [-0.1, -0.05) is 78.1 Å². The SMILES string of the molecule is CCOC(=O)C1=C(C)N=c2s/c(=C\c3ccccc3OCC(=O)Nc3ccccc3)c(=O)n2C1c1ccccc1. The number of nitrogens with one attached hydrogen (secondary N) is 1. The molecule has 1 aliphatic heterocycles. The molecule has 1 N–H and O–H groups in total. The summed E-state index contributed by atoms with van der Waals surface area (Å²) in [7, 11) is 0. The Balaban J connectivity index is 1.51. The summed E-state index contributed by atoms with van der Waals surface area (Å²) in [5.74, 6) is -0.343. The Labute approximate surface area is 234 Å². The standard InChI is InChI=1S/C31H27N3O5S/c1-3-38-30(37)27-20(2)32-31-34(28(27)21-12-6-4-7-13-21)29(36)25(40-31)18-22-14-10-11-17-24(22)39-19-26(35)33-23-15-8-5-9-16-23/h4-18,28H,3,19H2,1-2H3,(H,33,35)/b25-18-. The first-order valence-corrected chi connectivity index (χ1v) is 13.6. The molecule has 5 rings (SSSR count). The molecule has 0 spiro atoms. The normalized spacial score (nSPS) is 14.8. The smallest absolute Gasteiger partial charge is 0.338 e. The zero-order valence-electron chi connectivity index (χ0n) is 22.0. The highest BCUT2D eigenvalue weighted by Crippen LogP contribution is 2.30. The van der Waals surface area contributed by atoms with E-state index in [9.17, 15) is 14.4 Å². The van der Waals surface area contributed by atoms with Gasteiger partial charge in [-0.25, -0.2) is 9.79 Å². The number of thiazole rings is 1. The fourth-order valence-corrected chi connectivity index (χ4v) is 5.51. The molecule has 1 aliphatic rings. The van der Waals surface area contributed by atoms with Gasteiger partial charge in [-0.3, -0.25) is 14.2 Å². The second kappa shape index (κ2) is 12.0. The quantitative estimate of drug-likeness (QED) is 0.335. The number of benzene rings is 3. The summed E-state index contributed by atoms with van der Waals surface area (Å²) in [5.41, 5.74) is 2.64. The van der Waals surface area contributed by atoms with Crippen LogP contribution in [0.1, 0.15) is 31.0 Å². The molecule has 0 aliphatic carbocycles. The number of carbonyl (C=O) groups is 2. The van der Waals surface area contributed by atoms with Crippen molar-refractivity contribution in [3.63, 3.8) is 0 Å². The molecule has 0 radical (unpaired) electrons. The summed E-state index contributed by atoms with van der Waals surface area (Å²) in [4.78, 5) is 44.3. The highest BCUT2D eigenvalue weighted by atomic mass is 32.1. The van der Waals surface area contributed by atoms with E-state index in [0.29, 0.717) is 37.6 Å². The Hall–Kier alpha value is -4.76. The van der Waals surface area contributed by atoms with Crippen molar-refractivity contribution in [3.8, 4) is 5.75 Å². The van der Waals surface area contributed by atoms with Crippen molar-refractivity contribution in [2.24, 2.45) is 4.99 Å². The monoisotopic (exact) mass is 553 g/mol. The van der Waals surface area contributed by atoms with Crippen LogP contribution in [0.2, 0.25) is 0 Å². The molecule has 1 unspecified atom stereocenters. The van der Waals surface area contributed by atoms with Gasteiger partial charge in [-0.15, -0.1) is 0 Å². The van der Waals surface area contributed by atoms with E-state index in [-0.39, 0.29) is 24.7 Å². The molecular formula is C31H27N3O5S. The van der Waals surface area contributed by atoms with Gasteiger partial charge < -0.3 is 14.8 Å². The molecule has 1 atom stereocenters. The van der Waals surface area contributed by atoms with E-state index in [1.165, 1.54) is 11.3 Å². The molecular weight excluding hydrogens is 526 g/mol. The van der Waals surface area contributed by atoms with Crippen LogP contribution in [-0.4, -0.2) is 29.7 Å². The van der Waals surface area contributed by atoms with Crippen LogP contribution in [-0.2, 0) is 14.3 Å². The summed E-state index contributed by atoms with van der Waals surface area (Å²) in [6.07, 6.45) is 1.72. The zero-order valence-corrected chi connectivity index (χ0v) is 22.8. The van der Waals surface area contributed by atoms with Crippen molar-refractivity contribution in [2.45, 2.75) is 19.9 Å². The minimum atomic E-state index is -0.674. The number of hydrogen-bond donors (Lipinski definition) is 1. The van der Waals surface area contributed by atoms with Crippen LogP contribution in [0.5, 0.6) is 5.75 Å². The Morgan fingerprint density at radius 1 is 1.00 bits per heavy atom. The summed E-state index contributed by atoms with van der Waals surface area (Å²) in [6.45, 7) is 3.51. The fourth-order valence-electron chi connectivity index (χ4n) is 4.48. The molecule has 2 heterocycles. The Bertz CT molecular complexity index is 1760. The number of nitrogens with zero attached hydrogens (tertiary/aromatic N) is 2. The van der Waals surface area contributed by atoms with Gasteiger partial charge in [0.1, 0.15) is 5.75 Å². The summed E-state index contributed by atoms with van der Waals surface area (Å²) in [6, 6.07) is 25.0. The maximum Gasteiger partial charge on any atom is 0.338 e. The Kier molecular flexibility index (Phi) is 8.02. The van der Waals surface area contributed by atoms with Crippen molar-refractivity contribution in [3.05, 3.63) is 127 Å². The average Bonchev–Trinajstić information content (AvgIpc) is 3.26. The molecule has 0 saturated heterocycles. The van der Waals surface area contributed by atoms with Crippen molar-refractivity contribution in [1.29, 1.82) is 0 Å². The van der Waals surface area contributed by atoms with Crippen LogP contribution >= 0.6 is 11.3 Å². The first-order valence-electron chi connectivity index (χ1n) is 12.8. The molecule has 3 aromatic carbocycles. The van der Waals surface area contributed by atoms with Gasteiger partial charge in [0.15, 0.2) is 11.4 Å². The third kappa shape index (κ3) is 5.64. The van der Waals surface area contributed by atoms with Crippen molar-refractivity contribution < 1.29 is 19.1 Å². The highest BCUT2D eigenvalue weighted by molar-refractivity contribution is 7.07. The summed E-state index contributed by atoms with van der Waals surface area (Å²) >= 11 is 1.23. The molecule has 8 nitrogen and oxygen atoms in total. The number of para-hydroxylation sites is 2. The van der Waals surface area contributed by atoms with Gasteiger partial charge in [-0.05, 0) is 43.7 Å². The van der Waals surface area contributed by atoms with E-state index < -0.39 is 12.0 Å². The maximum absolute atomic E-state index is 13.8. The van der Waals surface area contributed by atoms with E-state index in [0.717, 1.165) is 5.56 Å². The summed E-state index contributed by atoms with van der Waals surface area (Å²) in [5, 5.41) is 2.79. The molecule has 0 fully saturated rings. The predicted octanol–water partition coefficient (Wildman–Crippen LogP) is 3.82. The number of amides is 1. The largest absolute Gasteiger partial charge is 0.483 e. The molecule has 0 saturated carbocycles. The van der Waals surface area contributed by atoms with Gasteiger partial charge in [0.2, 0.25) is 0 Å². The van der Waals surface area contributed by atoms with Crippen LogP contribution < -0.4 is 24.9 Å². The Morgan fingerprint density at radius 3 is 2.40 bits per heavy atom. The number of rotatable bonds is 8. The number of hydrogen-bond acceptors (Lipinski definition) is 7. The third-order valence-corrected chi connectivity index (χ3v) is 7.24. The van der Waals surface area contributed by atoms with Crippen LogP contribution in [0.4, 0.5) is 5.69 Å². The number of carbonyl (C=O) groups excluding carboxylic acids is 2. The zero-order chi connectivity index (χ0) is 28.1. The molecule has 4 aromatic rings. The molecule has 40 heavy (non-hydrogen) atoms. The lowest BCUT2D eigenvalue weighted by atomic mass is 9.96. The number of esters is 1. The lowest BCUT2D eigenvalue weighted by Crippen LogP contribution is -2.39. The molecule has 202 valence electrons. The number of aromatic nitrogens is 1. The van der Waals surface area contributed by atoms with E-state index in [4.69, 9.17) is 9.47 Å². The number of fused-ring (bicyclic) bond motifs is 1. The van der Waals surface area contributed by atoms with E-state index in [1.54, 1.807) is 48.8 Å². The average molecular weight is 554 g/mol. The van der Waals surface area contributed by atoms with E-state index in [1.807, 2.05) is 60.7 Å². The van der Waals surface area contributed by atoms with Crippen molar-refractivity contribution in [2.75, 3.05) is 18.5 Å². The number of allylic oxidation sites excluding steroid dienone is 1. The molecule has 9 heteroatoms. The van der Waals surface area contributed by atoms with Crippen LogP contribution in [0, 0.1) is 0 Å². The van der Waals surface area contributed by atoms with Gasteiger partial charge in [-0.2, -0.15) is 0 Å². The second-order valence-corrected chi connectivity index (χ2v) is 9.96. The topological polar surface area (TPSA) is 99.0 Å². The lowest BCUT2D eigenvalue weighted by Gasteiger charge is -2.24. The predicted molar refractivity (Wildman–Crippen MR) is 154 cm³/mol. The lowest BCUT2D eigenvalue weighted by molar-refractivity contribution is -0.139. The number of ether oxygens (including phenoxy) is 2. The first-order chi connectivity index (χ1) is 19.5. The molecule has 1 amide bonds. The van der Waals surface area contributed by atoms with Crippen LogP contribution in [0.25, 0.3) is 6.08 Å². The van der Waals surface area contributed by atoms with Crippen molar-refractivity contribution >= 4 is 35.0 Å². The fraction of sp³-hybridized carbons (Fsp3) is 0.161. The second-order valence-electron chi connectivity index (χ2n) is 8.95. The third-order valence-electron chi connectivity index (χ3n) is 6.25. The van der Waals surface area contributed by atoms with Gasteiger partial charge in [0.05, 0.1) is 28.5 Å². The van der Waals surface area contributed by atoms with Crippen molar-refractivity contribution in [1.82, 2.24) is 4.57 Å². The number of anilines is 1. The van der Waals surface area contributed by atoms with Gasteiger partial charge >= 0.3 is 5.97 Å². The van der Waals surface area contributed by atoms with E-state index in [2.05, 4.69) is 10.3 Å². The maximum atomic E-state index is 13.8. The molecule has 0 bridgehead atoms.